The molecule has 2 amide bonds. The van der Waals surface area contributed by atoms with Crippen LogP contribution in [0.5, 0.6) is 5.75 Å². The molecule has 1 fully saturated rings. The maximum Gasteiger partial charge on any atom is 0.306 e. The van der Waals surface area contributed by atoms with E-state index in [4.69, 9.17) is 9.84 Å². The molecule has 1 aromatic rings. The topological polar surface area (TPSA) is 104 Å². The van der Waals surface area contributed by atoms with E-state index in [0.717, 1.165) is 0 Å². The summed E-state index contributed by atoms with van der Waals surface area (Å²) < 4.78 is 5.41. The molecule has 3 rings (SSSR count). The molecule has 2 aliphatic rings. The van der Waals surface area contributed by atoms with E-state index < -0.39 is 11.9 Å². The molecular formula is C19H22N2O6. The molecule has 27 heavy (non-hydrogen) atoms. The summed E-state index contributed by atoms with van der Waals surface area (Å²) in [5.74, 6) is -1.46. The van der Waals surface area contributed by atoms with Gasteiger partial charge in [-0.15, -0.1) is 0 Å². The summed E-state index contributed by atoms with van der Waals surface area (Å²) in [5.41, 5.74) is 0.883. The predicted octanol–water partition coefficient (Wildman–Crippen LogP) is 1.33. The van der Waals surface area contributed by atoms with Crippen molar-refractivity contribution < 1.29 is 29.0 Å². The smallest absolute Gasteiger partial charge is 0.306 e. The maximum atomic E-state index is 12.7. The van der Waals surface area contributed by atoms with E-state index in [9.17, 15) is 19.2 Å². The van der Waals surface area contributed by atoms with Crippen LogP contribution in [0.3, 0.4) is 0 Å². The first kappa shape index (κ1) is 18.9. The van der Waals surface area contributed by atoms with Crippen LogP contribution in [0.4, 0.5) is 5.69 Å². The highest BCUT2D eigenvalue weighted by molar-refractivity contribution is 6.04. The molecule has 8 heteroatoms. The number of likely N-dealkylation sites (tertiary alicyclic amines) is 1. The zero-order valence-electron chi connectivity index (χ0n) is 15.1. The number of hydrogen-bond donors (Lipinski definition) is 1. The van der Waals surface area contributed by atoms with Gasteiger partial charge in [-0.3, -0.25) is 24.1 Å². The van der Waals surface area contributed by atoms with Gasteiger partial charge in [0.25, 0.3) is 5.91 Å². The lowest BCUT2D eigenvalue weighted by Gasteiger charge is -2.34. The largest absolute Gasteiger partial charge is 0.482 e. The normalized spacial score (nSPS) is 17.3. The van der Waals surface area contributed by atoms with Gasteiger partial charge in [0.15, 0.2) is 12.4 Å². The minimum absolute atomic E-state index is 0.0576. The number of carboxylic acid groups (broad SMARTS) is 1. The second-order valence-corrected chi connectivity index (χ2v) is 6.72. The number of hydrogen-bond acceptors (Lipinski definition) is 5. The summed E-state index contributed by atoms with van der Waals surface area (Å²) >= 11 is 0. The van der Waals surface area contributed by atoms with Crippen LogP contribution < -0.4 is 9.64 Å². The van der Waals surface area contributed by atoms with E-state index in [2.05, 4.69) is 0 Å². The fraction of sp³-hybridized carbons (Fsp3) is 0.474. The number of piperidine rings is 1. The molecule has 0 aromatic heterocycles. The Balaban J connectivity index is 1.75. The standard InChI is InChI=1S/C19H22N2O6/c1-2-15(22)13-3-4-16-14(9-13)21(18(24)11-27-16)10-17(23)20-7-5-12(6-8-20)19(25)26/h3-4,9,12H,2,5-8,10-11H2,1H3,(H,25,26). The first-order valence-corrected chi connectivity index (χ1v) is 9.01. The molecule has 0 spiro atoms. The zero-order chi connectivity index (χ0) is 19.6. The van der Waals surface area contributed by atoms with E-state index in [0.29, 0.717) is 49.4 Å². The first-order chi connectivity index (χ1) is 12.9. The summed E-state index contributed by atoms with van der Waals surface area (Å²) in [5, 5.41) is 9.06. The number of fused-ring (bicyclic) bond motifs is 1. The molecule has 0 atom stereocenters. The van der Waals surface area contributed by atoms with Gasteiger partial charge in [0, 0.05) is 25.1 Å². The quantitative estimate of drug-likeness (QED) is 0.780. The number of nitrogens with zero attached hydrogens (tertiary/aromatic N) is 2. The van der Waals surface area contributed by atoms with Gasteiger partial charge >= 0.3 is 5.97 Å². The summed E-state index contributed by atoms with van der Waals surface area (Å²) in [6.45, 7) is 2.15. The number of amides is 2. The SMILES string of the molecule is CCC(=O)c1ccc2c(c1)N(CC(=O)N1CCC(C(=O)O)CC1)C(=O)CO2. The van der Waals surface area contributed by atoms with Gasteiger partial charge in [-0.2, -0.15) is 0 Å². The third kappa shape index (κ3) is 3.94. The highest BCUT2D eigenvalue weighted by Crippen LogP contribution is 2.33. The van der Waals surface area contributed by atoms with Crippen molar-refractivity contribution in [3.63, 3.8) is 0 Å². The van der Waals surface area contributed by atoms with Crippen LogP contribution >= 0.6 is 0 Å². The van der Waals surface area contributed by atoms with E-state index in [1.165, 1.54) is 4.90 Å². The number of rotatable bonds is 5. The summed E-state index contributed by atoms with van der Waals surface area (Å²) in [7, 11) is 0. The van der Waals surface area contributed by atoms with Crippen molar-refractivity contribution in [2.75, 3.05) is 31.1 Å². The Kier molecular flexibility index (Phi) is 5.43. The van der Waals surface area contributed by atoms with Crippen LogP contribution in [0, 0.1) is 5.92 Å². The lowest BCUT2D eigenvalue weighted by Crippen LogP contribution is -2.48. The summed E-state index contributed by atoms with van der Waals surface area (Å²) in [6, 6.07) is 4.87. The number of ketones is 1. The molecule has 0 unspecified atom stereocenters. The fourth-order valence-electron chi connectivity index (χ4n) is 3.36. The molecule has 1 aromatic carbocycles. The van der Waals surface area contributed by atoms with E-state index in [1.54, 1.807) is 30.0 Å². The van der Waals surface area contributed by atoms with Crippen molar-refractivity contribution >= 4 is 29.3 Å². The van der Waals surface area contributed by atoms with Gasteiger partial charge in [0.2, 0.25) is 5.91 Å². The molecule has 2 heterocycles. The second kappa shape index (κ2) is 7.77. The van der Waals surface area contributed by atoms with Crippen LogP contribution in [0.15, 0.2) is 18.2 Å². The van der Waals surface area contributed by atoms with Crippen LogP contribution in [-0.2, 0) is 14.4 Å². The molecule has 1 saturated heterocycles. The number of carbonyl (C=O) groups is 4. The van der Waals surface area contributed by atoms with Gasteiger partial charge in [-0.05, 0) is 31.0 Å². The average Bonchev–Trinajstić information content (AvgIpc) is 2.69. The first-order valence-electron chi connectivity index (χ1n) is 9.01. The van der Waals surface area contributed by atoms with Crippen LogP contribution in [0.1, 0.15) is 36.5 Å². The van der Waals surface area contributed by atoms with Crippen molar-refractivity contribution in [2.45, 2.75) is 26.2 Å². The van der Waals surface area contributed by atoms with Crippen LogP contribution in [0.25, 0.3) is 0 Å². The van der Waals surface area contributed by atoms with Gasteiger partial charge < -0.3 is 14.7 Å². The predicted molar refractivity (Wildman–Crippen MR) is 95.9 cm³/mol. The van der Waals surface area contributed by atoms with E-state index in [1.807, 2.05) is 0 Å². The van der Waals surface area contributed by atoms with Gasteiger partial charge in [0.1, 0.15) is 12.3 Å². The van der Waals surface area contributed by atoms with Crippen molar-refractivity contribution in [3.05, 3.63) is 23.8 Å². The zero-order valence-corrected chi connectivity index (χ0v) is 15.1. The van der Waals surface area contributed by atoms with Crippen LogP contribution in [0.2, 0.25) is 0 Å². The lowest BCUT2D eigenvalue weighted by atomic mass is 9.97. The Morgan fingerprint density at radius 2 is 1.93 bits per heavy atom. The molecule has 2 aliphatic heterocycles. The molecule has 8 nitrogen and oxygen atoms in total. The average molecular weight is 374 g/mol. The Labute approximate surface area is 156 Å². The van der Waals surface area contributed by atoms with E-state index >= 15 is 0 Å². The number of anilines is 1. The molecule has 0 aliphatic carbocycles. The highest BCUT2D eigenvalue weighted by atomic mass is 16.5. The number of benzene rings is 1. The summed E-state index contributed by atoms with van der Waals surface area (Å²) in [4.78, 5) is 50.9. The van der Waals surface area contributed by atoms with Crippen molar-refractivity contribution in [1.82, 2.24) is 4.90 Å². The third-order valence-corrected chi connectivity index (χ3v) is 5.04. The number of ether oxygens (including phenoxy) is 1. The van der Waals surface area contributed by atoms with Gasteiger partial charge in [-0.1, -0.05) is 6.92 Å². The Morgan fingerprint density at radius 1 is 1.22 bits per heavy atom. The second-order valence-electron chi connectivity index (χ2n) is 6.72. The molecule has 0 saturated carbocycles. The summed E-state index contributed by atoms with van der Waals surface area (Å²) in [6.07, 6.45) is 1.15. The van der Waals surface area contributed by atoms with Gasteiger partial charge in [0.05, 0.1) is 11.6 Å². The van der Waals surface area contributed by atoms with Crippen molar-refractivity contribution in [3.8, 4) is 5.75 Å². The Hall–Kier alpha value is -2.90. The number of carbonyl (C=O) groups excluding carboxylic acids is 3. The number of aliphatic carboxylic acids is 1. The molecule has 0 radical (unpaired) electrons. The van der Waals surface area contributed by atoms with Crippen molar-refractivity contribution in [2.24, 2.45) is 5.92 Å². The Morgan fingerprint density at radius 3 is 2.56 bits per heavy atom. The number of Topliss-reactive ketones (excluding diaryl/α,β-unsaturated/α-hetero) is 1. The molecule has 0 bridgehead atoms. The maximum absolute atomic E-state index is 12.7. The molecule has 1 N–H and O–H groups in total. The minimum Gasteiger partial charge on any atom is -0.482 e. The lowest BCUT2D eigenvalue weighted by molar-refractivity contribution is -0.145. The Bertz CT molecular complexity index is 782. The molecule has 144 valence electrons. The van der Waals surface area contributed by atoms with Crippen molar-refractivity contribution in [1.29, 1.82) is 0 Å². The van der Waals surface area contributed by atoms with E-state index in [-0.39, 0.29) is 30.7 Å². The fourth-order valence-corrected chi connectivity index (χ4v) is 3.36. The molecular weight excluding hydrogens is 352 g/mol. The number of carboxylic acids is 1. The highest BCUT2D eigenvalue weighted by Gasteiger charge is 2.32. The monoisotopic (exact) mass is 374 g/mol. The van der Waals surface area contributed by atoms with Crippen LogP contribution in [-0.4, -0.2) is 59.8 Å². The minimum atomic E-state index is -0.840. The third-order valence-electron chi connectivity index (χ3n) is 5.04. The van der Waals surface area contributed by atoms with Gasteiger partial charge in [-0.25, -0.2) is 0 Å².